The molecule has 1 saturated heterocycles. The molecular formula is C25H25ClFN3O2S. The van der Waals surface area contributed by atoms with Gasteiger partial charge >= 0.3 is 0 Å². The van der Waals surface area contributed by atoms with E-state index in [0.717, 1.165) is 25.9 Å². The lowest BCUT2D eigenvalue weighted by Crippen LogP contribution is -2.38. The molecule has 1 N–H and O–H groups in total. The van der Waals surface area contributed by atoms with Crippen LogP contribution in [0.5, 0.6) is 0 Å². The van der Waals surface area contributed by atoms with Crippen LogP contribution in [-0.4, -0.2) is 43.4 Å². The van der Waals surface area contributed by atoms with Crippen LogP contribution in [0.2, 0.25) is 5.02 Å². The Kier molecular flexibility index (Phi) is 7.42. The fraction of sp³-hybridized carbons (Fsp3) is 0.280. The summed E-state index contributed by atoms with van der Waals surface area (Å²) in [5.74, 6) is -0.887. The monoisotopic (exact) mass is 485 g/mol. The first kappa shape index (κ1) is 23.4. The second-order valence-corrected chi connectivity index (χ2v) is 9.32. The summed E-state index contributed by atoms with van der Waals surface area (Å²) in [6, 6.07) is 14.8. The summed E-state index contributed by atoms with van der Waals surface area (Å²) in [6.45, 7) is 1.84. The largest absolute Gasteiger partial charge is 0.350 e. The van der Waals surface area contributed by atoms with E-state index in [1.165, 1.54) is 22.3 Å². The van der Waals surface area contributed by atoms with E-state index in [4.69, 9.17) is 11.6 Å². The van der Waals surface area contributed by atoms with Gasteiger partial charge < -0.3 is 10.2 Å². The number of hydrogen-bond donors (Lipinski definition) is 1. The summed E-state index contributed by atoms with van der Waals surface area (Å²) in [5, 5.41) is 5.15. The molecule has 5 nitrogen and oxygen atoms in total. The number of amides is 2. The number of nitrogens with one attached hydrogen (secondary N) is 1. The van der Waals surface area contributed by atoms with Gasteiger partial charge in [0.1, 0.15) is 5.82 Å². The van der Waals surface area contributed by atoms with Gasteiger partial charge in [0.25, 0.3) is 11.8 Å². The van der Waals surface area contributed by atoms with Crippen molar-refractivity contribution in [1.29, 1.82) is 0 Å². The zero-order chi connectivity index (χ0) is 23.4. The van der Waals surface area contributed by atoms with Crippen molar-refractivity contribution in [3.8, 4) is 0 Å². The summed E-state index contributed by atoms with van der Waals surface area (Å²) in [5.41, 5.74) is 1.29. The Labute approximate surface area is 201 Å². The molecule has 0 aliphatic carbocycles. The number of halogens is 2. The summed E-state index contributed by atoms with van der Waals surface area (Å²) in [7, 11) is 1.65. The van der Waals surface area contributed by atoms with E-state index in [1.807, 2.05) is 11.4 Å². The SMILES string of the molecule is CN(C(=O)c1cccs1)c1ccccc1C(=O)NCC(c1c(F)cccc1Cl)N1CCCC1. The number of hydrogen-bond acceptors (Lipinski definition) is 4. The fourth-order valence-corrected chi connectivity index (χ4v) is 5.20. The van der Waals surface area contributed by atoms with Crippen molar-refractivity contribution >= 4 is 40.4 Å². The fourth-order valence-electron chi connectivity index (χ4n) is 4.21. The van der Waals surface area contributed by atoms with Crippen LogP contribution in [0.4, 0.5) is 10.1 Å². The molecule has 0 radical (unpaired) electrons. The summed E-state index contributed by atoms with van der Waals surface area (Å²) < 4.78 is 14.7. The van der Waals surface area contributed by atoms with Crippen LogP contribution in [0.25, 0.3) is 0 Å². The van der Waals surface area contributed by atoms with Gasteiger partial charge in [0.2, 0.25) is 0 Å². The van der Waals surface area contributed by atoms with E-state index in [2.05, 4.69) is 10.2 Å². The molecule has 2 amide bonds. The lowest BCUT2D eigenvalue weighted by atomic mass is 10.0. The maximum atomic E-state index is 14.7. The van der Waals surface area contributed by atoms with Gasteiger partial charge in [0.15, 0.2) is 0 Å². The number of nitrogens with zero attached hydrogens (tertiary/aromatic N) is 2. The molecule has 2 aromatic carbocycles. The molecule has 1 aliphatic rings. The Bertz CT molecular complexity index is 1110. The van der Waals surface area contributed by atoms with Crippen molar-refractivity contribution in [1.82, 2.24) is 10.2 Å². The highest BCUT2D eigenvalue weighted by atomic mass is 35.5. The highest BCUT2D eigenvalue weighted by Gasteiger charge is 2.29. The molecule has 1 fully saturated rings. The van der Waals surface area contributed by atoms with Crippen LogP contribution in [0, 0.1) is 5.82 Å². The molecule has 2 heterocycles. The lowest BCUT2D eigenvalue weighted by Gasteiger charge is -2.29. The molecule has 172 valence electrons. The van der Waals surface area contributed by atoms with E-state index in [1.54, 1.807) is 49.5 Å². The van der Waals surface area contributed by atoms with Crippen molar-refractivity contribution < 1.29 is 14.0 Å². The Hall–Kier alpha value is -2.74. The van der Waals surface area contributed by atoms with Gasteiger partial charge in [-0.15, -0.1) is 11.3 Å². The number of likely N-dealkylation sites (tertiary alicyclic amines) is 1. The third-order valence-electron chi connectivity index (χ3n) is 5.92. The molecule has 3 aromatic rings. The molecular weight excluding hydrogens is 461 g/mol. The maximum absolute atomic E-state index is 14.7. The van der Waals surface area contributed by atoms with Gasteiger partial charge in [-0.2, -0.15) is 0 Å². The Morgan fingerprint density at radius 2 is 1.88 bits per heavy atom. The van der Waals surface area contributed by atoms with Gasteiger partial charge in [-0.05, 0) is 61.6 Å². The zero-order valence-corrected chi connectivity index (χ0v) is 19.8. The average molecular weight is 486 g/mol. The third kappa shape index (κ3) is 5.11. The zero-order valence-electron chi connectivity index (χ0n) is 18.3. The van der Waals surface area contributed by atoms with Crippen molar-refractivity contribution in [2.75, 3.05) is 31.6 Å². The van der Waals surface area contributed by atoms with Crippen LogP contribution in [-0.2, 0) is 0 Å². The van der Waals surface area contributed by atoms with Crippen LogP contribution in [0.15, 0.2) is 60.0 Å². The van der Waals surface area contributed by atoms with Crippen LogP contribution >= 0.6 is 22.9 Å². The summed E-state index contributed by atoms with van der Waals surface area (Å²) in [6.07, 6.45) is 2.05. The van der Waals surface area contributed by atoms with Crippen LogP contribution < -0.4 is 10.2 Å². The van der Waals surface area contributed by atoms with E-state index < -0.39 is 0 Å². The Morgan fingerprint density at radius 3 is 2.58 bits per heavy atom. The molecule has 8 heteroatoms. The van der Waals surface area contributed by atoms with Crippen LogP contribution in [0.3, 0.4) is 0 Å². The average Bonchev–Trinajstić information content (AvgIpc) is 3.54. The minimum atomic E-state index is -0.379. The maximum Gasteiger partial charge on any atom is 0.268 e. The highest BCUT2D eigenvalue weighted by Crippen LogP contribution is 2.32. The quantitative estimate of drug-likeness (QED) is 0.488. The summed E-state index contributed by atoms with van der Waals surface area (Å²) in [4.78, 5) is 30.3. The second-order valence-electron chi connectivity index (χ2n) is 7.96. The van der Waals surface area contributed by atoms with Gasteiger partial charge in [-0.25, -0.2) is 4.39 Å². The van der Waals surface area contributed by atoms with E-state index in [0.29, 0.717) is 26.7 Å². The first-order valence-corrected chi connectivity index (χ1v) is 12.1. The van der Waals surface area contributed by atoms with Gasteiger partial charge in [0.05, 0.1) is 22.2 Å². The highest BCUT2D eigenvalue weighted by molar-refractivity contribution is 7.12. The number of carbonyl (C=O) groups excluding carboxylic acids is 2. The number of thiophene rings is 1. The molecule has 4 rings (SSSR count). The summed E-state index contributed by atoms with van der Waals surface area (Å²) >= 11 is 7.71. The predicted molar refractivity (Wildman–Crippen MR) is 131 cm³/mol. The number of benzene rings is 2. The van der Waals surface area contributed by atoms with Crippen molar-refractivity contribution in [2.45, 2.75) is 18.9 Å². The van der Waals surface area contributed by atoms with Gasteiger partial charge in [-0.3, -0.25) is 14.5 Å². The van der Waals surface area contributed by atoms with Gasteiger partial charge in [-0.1, -0.05) is 35.9 Å². The van der Waals surface area contributed by atoms with Crippen molar-refractivity contribution in [3.05, 3.63) is 86.8 Å². The number of carbonyl (C=O) groups is 2. The molecule has 0 bridgehead atoms. The number of para-hydroxylation sites is 1. The van der Waals surface area contributed by atoms with E-state index in [-0.39, 0.29) is 30.2 Å². The van der Waals surface area contributed by atoms with E-state index in [9.17, 15) is 14.0 Å². The van der Waals surface area contributed by atoms with Gasteiger partial charge in [0, 0.05) is 24.2 Å². The molecule has 0 saturated carbocycles. The standard InChI is InChI=1S/C25H25ClFN3O2S/c1-29(25(32)22-12-7-15-33-22)20-11-3-2-8-17(20)24(31)28-16-21(30-13-4-5-14-30)23-18(26)9-6-10-19(23)27/h2-3,6-12,15,21H,4-5,13-14,16H2,1H3,(H,28,31). The normalized spacial score (nSPS) is 14.8. The Balaban J connectivity index is 1.56. The smallest absolute Gasteiger partial charge is 0.268 e. The van der Waals surface area contributed by atoms with Crippen LogP contribution in [0.1, 0.15) is 44.5 Å². The first-order chi connectivity index (χ1) is 16.0. The number of anilines is 1. The molecule has 1 aliphatic heterocycles. The lowest BCUT2D eigenvalue weighted by molar-refractivity contribution is 0.0937. The Morgan fingerprint density at radius 1 is 1.12 bits per heavy atom. The predicted octanol–water partition coefficient (Wildman–Crippen LogP) is 5.38. The molecule has 1 aromatic heterocycles. The van der Waals surface area contributed by atoms with Crippen molar-refractivity contribution in [3.63, 3.8) is 0 Å². The van der Waals surface area contributed by atoms with E-state index >= 15 is 0 Å². The second kappa shape index (κ2) is 10.5. The molecule has 0 spiro atoms. The molecule has 33 heavy (non-hydrogen) atoms. The minimum absolute atomic E-state index is 0.182. The molecule has 1 atom stereocenters. The molecule has 1 unspecified atom stereocenters. The minimum Gasteiger partial charge on any atom is -0.350 e. The topological polar surface area (TPSA) is 52.7 Å². The first-order valence-electron chi connectivity index (χ1n) is 10.8. The number of rotatable bonds is 7. The van der Waals surface area contributed by atoms with Crippen molar-refractivity contribution in [2.24, 2.45) is 0 Å². The third-order valence-corrected chi connectivity index (χ3v) is 7.10.